The average molecular weight is 340 g/mol. The highest BCUT2D eigenvalue weighted by molar-refractivity contribution is 7.90. The summed E-state index contributed by atoms with van der Waals surface area (Å²) in [7, 11) is -1.90. The van der Waals surface area contributed by atoms with E-state index in [4.69, 9.17) is 16.3 Å². The van der Waals surface area contributed by atoms with Crippen LogP contribution in [0.1, 0.15) is 10.4 Å². The molecule has 22 heavy (non-hydrogen) atoms. The van der Waals surface area contributed by atoms with Gasteiger partial charge in [-0.15, -0.1) is 0 Å². The lowest BCUT2D eigenvalue weighted by molar-refractivity contribution is 0.102. The van der Waals surface area contributed by atoms with Crippen molar-refractivity contribution in [3.05, 3.63) is 53.1 Å². The number of benzene rings is 2. The quantitative estimate of drug-likeness (QED) is 0.929. The first-order valence-electron chi connectivity index (χ1n) is 6.26. The maximum atomic E-state index is 12.3. The number of ether oxygens (including phenoxy) is 1. The lowest BCUT2D eigenvalue weighted by Crippen LogP contribution is -2.13. The first kappa shape index (κ1) is 16.3. The van der Waals surface area contributed by atoms with E-state index >= 15 is 0 Å². The Balaban J connectivity index is 2.32. The van der Waals surface area contributed by atoms with E-state index in [1.54, 1.807) is 18.2 Å². The largest absolute Gasteiger partial charge is 0.495 e. The number of hydrogen-bond acceptors (Lipinski definition) is 4. The Kier molecular flexibility index (Phi) is 4.73. The molecule has 0 fully saturated rings. The average Bonchev–Trinajstić information content (AvgIpc) is 2.47. The fourth-order valence-corrected chi connectivity index (χ4v) is 2.68. The van der Waals surface area contributed by atoms with Gasteiger partial charge in [0.1, 0.15) is 5.75 Å². The zero-order chi connectivity index (χ0) is 16.3. The van der Waals surface area contributed by atoms with E-state index in [-0.39, 0.29) is 10.5 Å². The predicted molar refractivity (Wildman–Crippen MR) is 85.5 cm³/mol. The number of nitrogens with one attached hydrogen (secondary N) is 1. The minimum Gasteiger partial charge on any atom is -0.495 e. The molecule has 0 bridgehead atoms. The summed E-state index contributed by atoms with van der Waals surface area (Å²) in [6.45, 7) is 0. The number of hydrogen-bond donors (Lipinski definition) is 1. The van der Waals surface area contributed by atoms with Gasteiger partial charge >= 0.3 is 0 Å². The van der Waals surface area contributed by atoms with E-state index in [2.05, 4.69) is 5.32 Å². The molecule has 116 valence electrons. The molecule has 0 aliphatic rings. The fraction of sp³-hybridized carbons (Fsp3) is 0.133. The maximum Gasteiger partial charge on any atom is 0.255 e. The third-order valence-electron chi connectivity index (χ3n) is 2.93. The van der Waals surface area contributed by atoms with Gasteiger partial charge in [-0.3, -0.25) is 4.79 Å². The molecule has 1 amide bonds. The molecule has 0 aromatic heterocycles. The SMILES string of the molecule is COc1ccc(Cl)cc1NC(=O)c1cccc(S(C)(=O)=O)c1. The summed E-state index contributed by atoms with van der Waals surface area (Å²) in [5, 5.41) is 3.10. The van der Waals surface area contributed by atoms with Gasteiger partial charge in [0.15, 0.2) is 9.84 Å². The molecule has 1 N–H and O–H groups in total. The van der Waals surface area contributed by atoms with Crippen molar-refractivity contribution in [2.75, 3.05) is 18.7 Å². The van der Waals surface area contributed by atoms with Crippen molar-refractivity contribution in [3.8, 4) is 5.75 Å². The van der Waals surface area contributed by atoms with E-state index in [0.29, 0.717) is 16.5 Å². The Bertz CT molecular complexity index is 818. The van der Waals surface area contributed by atoms with E-state index in [1.807, 2.05) is 0 Å². The van der Waals surface area contributed by atoms with Gasteiger partial charge in [-0.1, -0.05) is 17.7 Å². The van der Waals surface area contributed by atoms with E-state index in [0.717, 1.165) is 6.26 Å². The summed E-state index contributed by atoms with van der Waals surface area (Å²) >= 11 is 5.90. The van der Waals surface area contributed by atoms with Gasteiger partial charge in [0.2, 0.25) is 0 Å². The number of sulfone groups is 1. The van der Waals surface area contributed by atoms with E-state index in [1.165, 1.54) is 31.4 Å². The predicted octanol–water partition coefficient (Wildman–Crippen LogP) is 3.00. The zero-order valence-electron chi connectivity index (χ0n) is 12.0. The molecule has 2 aromatic rings. The summed E-state index contributed by atoms with van der Waals surface area (Å²) < 4.78 is 28.2. The third-order valence-corrected chi connectivity index (χ3v) is 4.28. The molecular formula is C15H14ClNO4S. The molecular weight excluding hydrogens is 326 g/mol. The van der Waals surface area contributed by atoms with Gasteiger partial charge in [-0.05, 0) is 36.4 Å². The molecule has 2 rings (SSSR count). The van der Waals surface area contributed by atoms with Gasteiger partial charge in [-0.2, -0.15) is 0 Å². The van der Waals surface area contributed by atoms with Crippen LogP contribution in [0.15, 0.2) is 47.4 Å². The number of methoxy groups -OCH3 is 1. The van der Waals surface area contributed by atoms with Crippen LogP contribution in [-0.2, 0) is 9.84 Å². The highest BCUT2D eigenvalue weighted by atomic mass is 35.5. The van der Waals surface area contributed by atoms with Gasteiger partial charge in [0.25, 0.3) is 5.91 Å². The van der Waals surface area contributed by atoms with Crippen molar-refractivity contribution in [3.63, 3.8) is 0 Å². The van der Waals surface area contributed by atoms with Gasteiger partial charge < -0.3 is 10.1 Å². The standard InChI is InChI=1S/C15H14ClNO4S/c1-21-14-7-6-11(16)9-13(14)17-15(18)10-4-3-5-12(8-10)22(2,19)20/h3-9H,1-2H3,(H,17,18). The van der Waals surface area contributed by atoms with Crippen LogP contribution >= 0.6 is 11.6 Å². The normalized spacial score (nSPS) is 11.0. The van der Waals surface area contributed by atoms with Crippen LogP contribution in [0, 0.1) is 0 Å². The topological polar surface area (TPSA) is 72.5 Å². The number of amides is 1. The maximum absolute atomic E-state index is 12.3. The Morgan fingerprint density at radius 1 is 1.18 bits per heavy atom. The first-order valence-corrected chi connectivity index (χ1v) is 8.53. The van der Waals surface area contributed by atoms with Crippen molar-refractivity contribution in [1.29, 1.82) is 0 Å². The van der Waals surface area contributed by atoms with Crippen LogP contribution in [0.3, 0.4) is 0 Å². The number of rotatable bonds is 4. The molecule has 0 atom stereocenters. The monoisotopic (exact) mass is 339 g/mol. The van der Waals surface area contributed by atoms with Crippen molar-refractivity contribution in [2.45, 2.75) is 4.90 Å². The van der Waals surface area contributed by atoms with Crippen molar-refractivity contribution in [1.82, 2.24) is 0 Å². The van der Waals surface area contributed by atoms with Crippen LogP contribution in [-0.4, -0.2) is 27.7 Å². The third kappa shape index (κ3) is 3.78. The van der Waals surface area contributed by atoms with Crippen LogP contribution in [0.2, 0.25) is 5.02 Å². The minimum absolute atomic E-state index is 0.0817. The Morgan fingerprint density at radius 2 is 1.91 bits per heavy atom. The second-order valence-electron chi connectivity index (χ2n) is 4.60. The molecule has 0 heterocycles. The summed E-state index contributed by atoms with van der Waals surface area (Å²) in [6, 6.07) is 10.6. The summed E-state index contributed by atoms with van der Waals surface area (Å²) in [5.74, 6) is 0.00286. The van der Waals surface area contributed by atoms with Gasteiger partial charge in [0, 0.05) is 16.8 Å². The number of anilines is 1. The van der Waals surface area contributed by atoms with Crippen LogP contribution in [0.5, 0.6) is 5.75 Å². The van der Waals surface area contributed by atoms with Crippen molar-refractivity contribution >= 4 is 33.0 Å². The van der Waals surface area contributed by atoms with Crippen LogP contribution < -0.4 is 10.1 Å². The number of carbonyl (C=O) groups excluding carboxylic acids is 1. The smallest absolute Gasteiger partial charge is 0.255 e. The molecule has 0 saturated carbocycles. The van der Waals surface area contributed by atoms with E-state index < -0.39 is 15.7 Å². The van der Waals surface area contributed by atoms with Gasteiger partial charge in [-0.25, -0.2) is 8.42 Å². The first-order chi connectivity index (χ1) is 10.3. The van der Waals surface area contributed by atoms with E-state index in [9.17, 15) is 13.2 Å². The lowest BCUT2D eigenvalue weighted by atomic mass is 10.2. The van der Waals surface area contributed by atoms with Crippen molar-refractivity contribution < 1.29 is 17.9 Å². The second-order valence-corrected chi connectivity index (χ2v) is 7.05. The molecule has 7 heteroatoms. The molecule has 0 aliphatic carbocycles. The van der Waals surface area contributed by atoms with Crippen LogP contribution in [0.25, 0.3) is 0 Å². The Labute approximate surface area is 133 Å². The zero-order valence-corrected chi connectivity index (χ0v) is 13.5. The molecule has 0 aliphatic heterocycles. The second kappa shape index (κ2) is 6.37. The molecule has 2 aromatic carbocycles. The summed E-state index contributed by atoms with van der Waals surface area (Å²) in [4.78, 5) is 12.3. The Morgan fingerprint density at radius 3 is 2.55 bits per heavy atom. The summed E-state index contributed by atoms with van der Waals surface area (Å²) in [5.41, 5.74) is 0.634. The summed E-state index contributed by atoms with van der Waals surface area (Å²) in [6.07, 6.45) is 1.09. The minimum atomic E-state index is -3.38. The Hall–Kier alpha value is -2.05. The molecule has 0 unspecified atom stereocenters. The fourth-order valence-electron chi connectivity index (χ4n) is 1.84. The van der Waals surface area contributed by atoms with Gasteiger partial charge in [0.05, 0.1) is 17.7 Å². The number of carbonyl (C=O) groups is 1. The molecule has 0 saturated heterocycles. The van der Waals surface area contributed by atoms with Crippen LogP contribution in [0.4, 0.5) is 5.69 Å². The molecule has 5 nitrogen and oxygen atoms in total. The molecule has 0 spiro atoms. The number of halogens is 1. The lowest BCUT2D eigenvalue weighted by Gasteiger charge is -2.11. The highest BCUT2D eigenvalue weighted by Gasteiger charge is 2.13. The highest BCUT2D eigenvalue weighted by Crippen LogP contribution is 2.28. The molecule has 0 radical (unpaired) electrons. The van der Waals surface area contributed by atoms with Crippen molar-refractivity contribution in [2.24, 2.45) is 0 Å².